The lowest BCUT2D eigenvalue weighted by Gasteiger charge is -2.12. The van der Waals surface area contributed by atoms with Crippen LogP contribution in [0.2, 0.25) is 0 Å². The Hall–Kier alpha value is -3.32. The molecule has 3 rings (SSSR count). The third-order valence-electron chi connectivity index (χ3n) is 4.36. The number of carbonyl (C=O) groups is 1. The number of halogens is 3. The van der Waals surface area contributed by atoms with Crippen LogP contribution < -0.4 is 9.47 Å². The molecule has 7 heteroatoms. The van der Waals surface area contributed by atoms with Gasteiger partial charge in [-0.1, -0.05) is 48.5 Å². The topological polar surface area (TPSA) is 44.8 Å². The third-order valence-corrected chi connectivity index (χ3v) is 4.36. The quantitative estimate of drug-likeness (QED) is 0.290. The summed E-state index contributed by atoms with van der Waals surface area (Å²) in [4.78, 5) is 11.3. The largest absolute Gasteiger partial charge is 0.573 e. The first-order valence-corrected chi connectivity index (χ1v) is 9.64. The summed E-state index contributed by atoms with van der Waals surface area (Å²) in [6.45, 7) is 1.38. The van der Waals surface area contributed by atoms with Crippen molar-refractivity contribution < 1.29 is 32.2 Å². The molecule has 162 valence electrons. The summed E-state index contributed by atoms with van der Waals surface area (Å²) in [5.41, 5.74) is 2.86. The number of rotatable bonds is 10. The highest BCUT2D eigenvalue weighted by atomic mass is 19.4. The van der Waals surface area contributed by atoms with Gasteiger partial charge in [0.1, 0.15) is 11.5 Å². The fraction of sp³-hybridized carbons (Fsp3) is 0.208. The lowest BCUT2D eigenvalue weighted by Crippen LogP contribution is -2.16. The SMILES string of the molecule is O=Cc1ccc(-c2ccc(OC(F)(F)F)cc2)cc1OCCCOCc1ccccc1. The highest BCUT2D eigenvalue weighted by Crippen LogP contribution is 2.29. The molecule has 0 aromatic heterocycles. The van der Waals surface area contributed by atoms with E-state index in [2.05, 4.69) is 4.74 Å². The van der Waals surface area contributed by atoms with Gasteiger partial charge < -0.3 is 14.2 Å². The van der Waals surface area contributed by atoms with E-state index in [1.807, 2.05) is 30.3 Å². The van der Waals surface area contributed by atoms with E-state index in [1.54, 1.807) is 18.2 Å². The number of ether oxygens (including phenoxy) is 3. The van der Waals surface area contributed by atoms with Crippen LogP contribution in [0.15, 0.2) is 72.8 Å². The second kappa shape index (κ2) is 10.6. The molecule has 0 radical (unpaired) electrons. The number of hydrogen-bond donors (Lipinski definition) is 0. The van der Waals surface area contributed by atoms with Gasteiger partial charge in [0.15, 0.2) is 6.29 Å². The normalized spacial score (nSPS) is 11.2. The molecule has 0 unspecified atom stereocenters. The Morgan fingerprint density at radius 2 is 1.55 bits per heavy atom. The molecule has 0 heterocycles. The maximum atomic E-state index is 12.3. The van der Waals surface area contributed by atoms with Crippen LogP contribution in [-0.2, 0) is 11.3 Å². The maximum absolute atomic E-state index is 12.3. The van der Waals surface area contributed by atoms with E-state index in [9.17, 15) is 18.0 Å². The molecular formula is C24H21F3O4. The molecule has 0 N–H and O–H groups in total. The molecule has 0 bridgehead atoms. The van der Waals surface area contributed by atoms with Crippen LogP contribution >= 0.6 is 0 Å². The molecule has 31 heavy (non-hydrogen) atoms. The smallest absolute Gasteiger partial charge is 0.493 e. The van der Waals surface area contributed by atoms with E-state index in [1.165, 1.54) is 24.3 Å². The van der Waals surface area contributed by atoms with E-state index >= 15 is 0 Å². The molecule has 0 atom stereocenters. The average molecular weight is 430 g/mol. The van der Waals surface area contributed by atoms with Crippen LogP contribution in [0.1, 0.15) is 22.3 Å². The number of carbonyl (C=O) groups excluding carboxylic acids is 1. The molecule has 3 aromatic carbocycles. The van der Waals surface area contributed by atoms with Gasteiger partial charge >= 0.3 is 6.36 Å². The van der Waals surface area contributed by atoms with Crippen molar-refractivity contribution in [2.75, 3.05) is 13.2 Å². The summed E-state index contributed by atoms with van der Waals surface area (Å²) in [7, 11) is 0. The van der Waals surface area contributed by atoms with Crippen molar-refractivity contribution >= 4 is 6.29 Å². The number of aldehydes is 1. The van der Waals surface area contributed by atoms with E-state index in [4.69, 9.17) is 9.47 Å². The van der Waals surface area contributed by atoms with Gasteiger partial charge in [-0.2, -0.15) is 0 Å². The molecule has 0 saturated carbocycles. The summed E-state index contributed by atoms with van der Waals surface area (Å²) in [5.74, 6) is 0.110. The highest BCUT2D eigenvalue weighted by molar-refractivity contribution is 5.82. The van der Waals surface area contributed by atoms with Gasteiger partial charge in [-0.15, -0.1) is 13.2 Å². The Balaban J connectivity index is 1.55. The van der Waals surface area contributed by atoms with Gasteiger partial charge in [0.2, 0.25) is 0 Å². The number of hydrogen-bond acceptors (Lipinski definition) is 4. The Morgan fingerprint density at radius 3 is 2.23 bits per heavy atom. The number of alkyl halides is 3. The van der Waals surface area contributed by atoms with Gasteiger partial charge in [-0.25, -0.2) is 0 Å². The van der Waals surface area contributed by atoms with Gasteiger partial charge in [-0.05, 0) is 41.0 Å². The van der Waals surface area contributed by atoms with E-state index in [-0.39, 0.29) is 5.75 Å². The second-order valence-corrected chi connectivity index (χ2v) is 6.68. The zero-order valence-electron chi connectivity index (χ0n) is 16.6. The van der Waals surface area contributed by atoms with Gasteiger partial charge in [-0.3, -0.25) is 4.79 Å². The molecule has 0 amide bonds. The molecular weight excluding hydrogens is 409 g/mol. The van der Waals surface area contributed by atoms with Crippen molar-refractivity contribution in [3.8, 4) is 22.6 Å². The highest BCUT2D eigenvalue weighted by Gasteiger charge is 2.30. The third kappa shape index (κ3) is 7.15. The predicted molar refractivity (Wildman–Crippen MR) is 110 cm³/mol. The predicted octanol–water partition coefficient (Wildman–Crippen LogP) is 6.05. The van der Waals surface area contributed by atoms with E-state index < -0.39 is 6.36 Å². The average Bonchev–Trinajstić information content (AvgIpc) is 2.76. The first kappa shape index (κ1) is 22.4. The summed E-state index contributed by atoms with van der Waals surface area (Å²) in [6.07, 6.45) is -3.40. The lowest BCUT2D eigenvalue weighted by atomic mass is 10.0. The zero-order chi connectivity index (χ0) is 22.1. The molecule has 0 aliphatic heterocycles. The fourth-order valence-corrected chi connectivity index (χ4v) is 2.89. The zero-order valence-corrected chi connectivity index (χ0v) is 16.6. The van der Waals surface area contributed by atoms with Crippen molar-refractivity contribution in [1.82, 2.24) is 0 Å². The standard InChI is InChI=1S/C24H21F3O4/c25-24(26,27)31-22-11-9-19(10-12-22)20-7-8-21(16-28)23(15-20)30-14-4-13-29-17-18-5-2-1-3-6-18/h1-3,5-12,15-16H,4,13-14,17H2. The Bertz CT molecular complexity index is 970. The van der Waals surface area contributed by atoms with Gasteiger partial charge in [0.25, 0.3) is 0 Å². The van der Waals surface area contributed by atoms with Crippen LogP contribution in [-0.4, -0.2) is 25.9 Å². The van der Waals surface area contributed by atoms with Crippen molar-refractivity contribution in [3.05, 3.63) is 83.9 Å². The number of benzene rings is 3. The van der Waals surface area contributed by atoms with Crippen molar-refractivity contribution in [2.45, 2.75) is 19.4 Å². The fourth-order valence-electron chi connectivity index (χ4n) is 2.89. The maximum Gasteiger partial charge on any atom is 0.573 e. The molecule has 0 saturated heterocycles. The lowest BCUT2D eigenvalue weighted by molar-refractivity contribution is -0.274. The van der Waals surface area contributed by atoms with Crippen molar-refractivity contribution in [3.63, 3.8) is 0 Å². The van der Waals surface area contributed by atoms with Gasteiger partial charge in [0, 0.05) is 6.42 Å². The molecule has 0 aliphatic rings. The minimum Gasteiger partial charge on any atom is -0.493 e. The van der Waals surface area contributed by atoms with Crippen LogP contribution in [0, 0.1) is 0 Å². The minimum atomic E-state index is -4.74. The van der Waals surface area contributed by atoms with Crippen molar-refractivity contribution in [1.29, 1.82) is 0 Å². The Labute approximate surface area is 178 Å². The van der Waals surface area contributed by atoms with Crippen LogP contribution in [0.3, 0.4) is 0 Å². The minimum absolute atomic E-state index is 0.298. The van der Waals surface area contributed by atoms with Crippen LogP contribution in [0.4, 0.5) is 13.2 Å². The summed E-state index contributed by atoms with van der Waals surface area (Å²) >= 11 is 0. The molecule has 0 fully saturated rings. The van der Waals surface area contributed by atoms with E-state index in [0.717, 1.165) is 5.56 Å². The van der Waals surface area contributed by atoms with Crippen LogP contribution in [0.25, 0.3) is 11.1 Å². The molecule has 4 nitrogen and oxygen atoms in total. The van der Waals surface area contributed by atoms with Crippen molar-refractivity contribution in [2.24, 2.45) is 0 Å². The second-order valence-electron chi connectivity index (χ2n) is 6.68. The monoisotopic (exact) mass is 430 g/mol. The first-order valence-electron chi connectivity index (χ1n) is 9.64. The van der Waals surface area contributed by atoms with Gasteiger partial charge in [0.05, 0.1) is 25.4 Å². The van der Waals surface area contributed by atoms with Crippen LogP contribution in [0.5, 0.6) is 11.5 Å². The molecule has 0 spiro atoms. The summed E-state index contributed by atoms with van der Waals surface area (Å²) < 4.78 is 52.2. The Kier molecular flexibility index (Phi) is 7.67. The first-order chi connectivity index (χ1) is 14.9. The Morgan fingerprint density at radius 1 is 0.839 bits per heavy atom. The van der Waals surface area contributed by atoms with E-state index in [0.29, 0.717) is 55.0 Å². The molecule has 3 aromatic rings. The summed E-state index contributed by atoms with van der Waals surface area (Å²) in [6, 6.07) is 20.3. The summed E-state index contributed by atoms with van der Waals surface area (Å²) in [5, 5.41) is 0. The molecule has 0 aliphatic carbocycles.